The average Bonchev–Trinajstić information content (AvgIpc) is 2.61. The van der Waals surface area contributed by atoms with E-state index in [1.165, 1.54) is 0 Å². The second-order valence-electron chi connectivity index (χ2n) is 3.14. The molecule has 4 nitrogen and oxygen atoms in total. The Kier molecular flexibility index (Phi) is 2.75. The van der Waals surface area contributed by atoms with Gasteiger partial charge in [0.1, 0.15) is 5.69 Å². The molecule has 78 valence electrons. The van der Waals surface area contributed by atoms with E-state index >= 15 is 0 Å². The Labute approximate surface area is 95.3 Å². The Morgan fingerprint density at radius 1 is 1.33 bits per heavy atom. The molecule has 1 aromatic heterocycles. The zero-order valence-corrected chi connectivity index (χ0v) is 9.45. The summed E-state index contributed by atoms with van der Waals surface area (Å²) in [5, 5.41) is 15.9. The molecular formula is C10H10BrN3O. The van der Waals surface area contributed by atoms with Gasteiger partial charge in [0.2, 0.25) is 0 Å². The van der Waals surface area contributed by atoms with Crippen molar-refractivity contribution in [1.29, 1.82) is 0 Å². The van der Waals surface area contributed by atoms with Crippen LogP contribution in [0.5, 0.6) is 0 Å². The van der Waals surface area contributed by atoms with E-state index in [0.29, 0.717) is 11.4 Å². The highest BCUT2D eigenvalue weighted by Crippen LogP contribution is 2.29. The number of H-pyrrole nitrogens is 1. The molecule has 0 aliphatic rings. The minimum Gasteiger partial charge on any atom is -0.399 e. The van der Waals surface area contributed by atoms with Crippen LogP contribution in [0.4, 0.5) is 5.69 Å². The molecule has 15 heavy (non-hydrogen) atoms. The van der Waals surface area contributed by atoms with Crippen LogP contribution in [0.1, 0.15) is 5.69 Å². The van der Waals surface area contributed by atoms with Gasteiger partial charge in [0, 0.05) is 11.3 Å². The summed E-state index contributed by atoms with van der Waals surface area (Å²) in [6.07, 6.45) is 0. The monoisotopic (exact) mass is 267 g/mol. The maximum atomic E-state index is 9.00. The summed E-state index contributed by atoms with van der Waals surface area (Å²) in [6.45, 7) is -0.0669. The summed E-state index contributed by atoms with van der Waals surface area (Å²) >= 11 is 3.38. The predicted octanol–water partition coefficient (Wildman–Crippen LogP) is 1.91. The second-order valence-corrected chi connectivity index (χ2v) is 3.94. The molecule has 0 aliphatic carbocycles. The van der Waals surface area contributed by atoms with Crippen molar-refractivity contribution in [2.24, 2.45) is 0 Å². The zero-order chi connectivity index (χ0) is 10.8. The van der Waals surface area contributed by atoms with Gasteiger partial charge in [0.25, 0.3) is 0 Å². The number of nitrogens with two attached hydrogens (primary N) is 1. The summed E-state index contributed by atoms with van der Waals surface area (Å²) in [4.78, 5) is 0. The van der Waals surface area contributed by atoms with Crippen molar-refractivity contribution in [2.45, 2.75) is 6.61 Å². The number of benzene rings is 1. The number of nitrogens with zero attached hydrogens (tertiary/aromatic N) is 1. The lowest BCUT2D eigenvalue weighted by Gasteiger charge is -1.98. The molecule has 0 saturated heterocycles. The fourth-order valence-electron chi connectivity index (χ4n) is 1.30. The molecule has 0 atom stereocenters. The molecule has 0 spiro atoms. The van der Waals surface area contributed by atoms with Gasteiger partial charge in [-0.05, 0) is 28.1 Å². The first-order valence-electron chi connectivity index (χ1n) is 4.42. The van der Waals surface area contributed by atoms with Gasteiger partial charge in [0.05, 0.1) is 16.8 Å². The van der Waals surface area contributed by atoms with Gasteiger partial charge >= 0.3 is 0 Å². The lowest BCUT2D eigenvalue weighted by Crippen LogP contribution is -1.84. The molecule has 0 amide bonds. The second kappa shape index (κ2) is 4.04. The summed E-state index contributed by atoms with van der Waals surface area (Å²) < 4.78 is 0.787. The summed E-state index contributed by atoms with van der Waals surface area (Å²) in [5.41, 5.74) is 8.71. The van der Waals surface area contributed by atoms with Crippen LogP contribution in [0.25, 0.3) is 11.3 Å². The first-order chi connectivity index (χ1) is 7.22. The normalized spacial score (nSPS) is 10.5. The Balaban J connectivity index is 2.45. The molecule has 2 aromatic rings. The minimum absolute atomic E-state index is 0.0669. The van der Waals surface area contributed by atoms with Crippen molar-refractivity contribution in [2.75, 3.05) is 5.73 Å². The maximum absolute atomic E-state index is 9.00. The third-order valence-corrected chi connectivity index (χ3v) is 2.97. The molecule has 2 rings (SSSR count). The molecule has 5 heteroatoms. The van der Waals surface area contributed by atoms with E-state index < -0.39 is 0 Å². The SMILES string of the molecule is Nc1ccc(-c2n[nH]c(CO)c2Br)cc1. The number of rotatable bonds is 2. The number of nitrogen functional groups attached to an aromatic ring is 1. The Morgan fingerprint density at radius 3 is 2.53 bits per heavy atom. The molecular weight excluding hydrogens is 258 g/mol. The first kappa shape index (κ1) is 10.2. The number of aromatic nitrogens is 2. The van der Waals surface area contributed by atoms with Gasteiger partial charge in [-0.2, -0.15) is 5.10 Å². The number of aliphatic hydroxyl groups excluding tert-OH is 1. The van der Waals surface area contributed by atoms with Crippen molar-refractivity contribution < 1.29 is 5.11 Å². The van der Waals surface area contributed by atoms with Crippen LogP contribution in [0.2, 0.25) is 0 Å². The van der Waals surface area contributed by atoms with E-state index in [2.05, 4.69) is 26.1 Å². The lowest BCUT2D eigenvalue weighted by atomic mass is 10.1. The maximum Gasteiger partial charge on any atom is 0.107 e. The van der Waals surface area contributed by atoms with E-state index in [0.717, 1.165) is 15.7 Å². The highest BCUT2D eigenvalue weighted by Gasteiger charge is 2.11. The molecule has 0 aliphatic heterocycles. The average molecular weight is 268 g/mol. The summed E-state index contributed by atoms with van der Waals surface area (Å²) in [6, 6.07) is 7.40. The number of anilines is 1. The molecule has 0 unspecified atom stereocenters. The van der Waals surface area contributed by atoms with Gasteiger partial charge in [-0.15, -0.1) is 0 Å². The fourth-order valence-corrected chi connectivity index (χ4v) is 1.83. The number of aliphatic hydroxyl groups is 1. The highest BCUT2D eigenvalue weighted by molar-refractivity contribution is 9.10. The first-order valence-corrected chi connectivity index (χ1v) is 5.21. The van der Waals surface area contributed by atoms with Crippen LogP contribution in [0, 0.1) is 0 Å². The largest absolute Gasteiger partial charge is 0.399 e. The van der Waals surface area contributed by atoms with E-state index in [1.807, 2.05) is 24.3 Å². The topological polar surface area (TPSA) is 74.9 Å². The van der Waals surface area contributed by atoms with E-state index in [1.54, 1.807) is 0 Å². The van der Waals surface area contributed by atoms with Crippen LogP contribution < -0.4 is 5.73 Å². The lowest BCUT2D eigenvalue weighted by molar-refractivity contribution is 0.276. The van der Waals surface area contributed by atoms with Crippen LogP contribution in [-0.2, 0) is 6.61 Å². The Morgan fingerprint density at radius 2 is 2.00 bits per heavy atom. The van der Waals surface area contributed by atoms with Crippen LogP contribution in [-0.4, -0.2) is 15.3 Å². The van der Waals surface area contributed by atoms with Gasteiger partial charge in [-0.1, -0.05) is 12.1 Å². The zero-order valence-electron chi connectivity index (χ0n) is 7.87. The van der Waals surface area contributed by atoms with E-state index in [4.69, 9.17) is 10.8 Å². The van der Waals surface area contributed by atoms with Crippen LogP contribution in [0.15, 0.2) is 28.7 Å². The fraction of sp³-hybridized carbons (Fsp3) is 0.100. The molecule has 1 aromatic carbocycles. The van der Waals surface area contributed by atoms with Crippen molar-refractivity contribution in [1.82, 2.24) is 10.2 Å². The number of halogens is 1. The molecule has 1 heterocycles. The minimum atomic E-state index is -0.0669. The molecule has 0 saturated carbocycles. The van der Waals surface area contributed by atoms with Crippen molar-refractivity contribution in [3.8, 4) is 11.3 Å². The molecule has 4 N–H and O–H groups in total. The number of hydrogen-bond donors (Lipinski definition) is 3. The van der Waals surface area contributed by atoms with Crippen molar-refractivity contribution >= 4 is 21.6 Å². The Hall–Kier alpha value is -1.33. The highest BCUT2D eigenvalue weighted by atomic mass is 79.9. The molecule has 0 radical (unpaired) electrons. The third-order valence-electron chi connectivity index (χ3n) is 2.12. The quantitative estimate of drug-likeness (QED) is 0.728. The van der Waals surface area contributed by atoms with Gasteiger partial charge in [0.15, 0.2) is 0 Å². The molecule has 0 fully saturated rings. The van der Waals surface area contributed by atoms with Gasteiger partial charge in [-0.3, -0.25) is 5.10 Å². The number of nitrogens with one attached hydrogen (secondary N) is 1. The summed E-state index contributed by atoms with van der Waals surface area (Å²) in [5.74, 6) is 0. The van der Waals surface area contributed by atoms with Crippen molar-refractivity contribution in [3.63, 3.8) is 0 Å². The third kappa shape index (κ3) is 1.88. The van der Waals surface area contributed by atoms with Crippen LogP contribution >= 0.6 is 15.9 Å². The van der Waals surface area contributed by atoms with Gasteiger partial charge < -0.3 is 10.8 Å². The Bertz CT molecular complexity index is 464. The number of aromatic amines is 1. The van der Waals surface area contributed by atoms with Gasteiger partial charge in [-0.25, -0.2) is 0 Å². The van der Waals surface area contributed by atoms with Crippen molar-refractivity contribution in [3.05, 3.63) is 34.4 Å². The molecule has 0 bridgehead atoms. The summed E-state index contributed by atoms with van der Waals surface area (Å²) in [7, 11) is 0. The standard InChI is InChI=1S/C10H10BrN3O/c11-9-8(5-15)13-14-10(9)6-1-3-7(12)4-2-6/h1-4,15H,5,12H2,(H,13,14). The van der Waals surface area contributed by atoms with E-state index in [-0.39, 0.29) is 6.61 Å². The van der Waals surface area contributed by atoms with Crippen LogP contribution in [0.3, 0.4) is 0 Å². The van der Waals surface area contributed by atoms with E-state index in [9.17, 15) is 0 Å². The smallest absolute Gasteiger partial charge is 0.107 e. The predicted molar refractivity (Wildman–Crippen MR) is 62.1 cm³/mol. The number of hydrogen-bond acceptors (Lipinski definition) is 3.